The molecule has 0 aliphatic heterocycles. The Morgan fingerprint density at radius 2 is 2.00 bits per heavy atom. The highest BCUT2D eigenvalue weighted by Gasteiger charge is 2.42. The number of hydrogen-bond donors (Lipinski definition) is 0. The number of aromatic nitrogens is 1. The number of nitrogens with zero attached hydrogens (tertiary/aromatic N) is 1. The second kappa shape index (κ2) is 3.49. The van der Waals surface area contributed by atoms with Crippen LogP contribution in [-0.4, -0.2) is 11.2 Å². The Balaban J connectivity index is 3.02. The molecule has 0 spiro atoms. The molecular formula is C7H4ClF4N. The summed E-state index contributed by atoms with van der Waals surface area (Å²) in [5, 5.41) is -0.465. The van der Waals surface area contributed by atoms with Crippen molar-refractivity contribution in [2.45, 2.75) is 12.3 Å². The first-order chi connectivity index (χ1) is 5.93. The standard InChI is InChI=1S/C7H4ClF4N/c8-6-4(2-1-3-13-6)5(9)7(10,11)12/h1-3,5H. The highest BCUT2D eigenvalue weighted by molar-refractivity contribution is 6.30. The molecule has 1 aromatic rings. The van der Waals surface area contributed by atoms with E-state index in [1.165, 1.54) is 12.3 Å². The third-order valence-corrected chi connectivity index (χ3v) is 1.66. The van der Waals surface area contributed by atoms with Crippen LogP contribution in [0.2, 0.25) is 5.15 Å². The minimum atomic E-state index is -4.94. The lowest BCUT2D eigenvalue weighted by Crippen LogP contribution is -2.17. The molecule has 0 aromatic carbocycles. The Kier molecular flexibility index (Phi) is 2.75. The van der Waals surface area contributed by atoms with Crippen LogP contribution in [0, 0.1) is 0 Å². The van der Waals surface area contributed by atoms with E-state index in [-0.39, 0.29) is 0 Å². The van der Waals surface area contributed by atoms with Crippen LogP contribution in [0.1, 0.15) is 11.7 Å². The molecule has 0 fully saturated rings. The predicted molar refractivity (Wildman–Crippen MR) is 39.2 cm³/mol. The molecule has 0 amide bonds. The molecule has 0 saturated heterocycles. The second-order valence-corrected chi connectivity index (χ2v) is 2.65. The van der Waals surface area contributed by atoms with E-state index in [4.69, 9.17) is 11.6 Å². The smallest absolute Gasteiger partial charge is 0.244 e. The van der Waals surface area contributed by atoms with Gasteiger partial charge in [-0.1, -0.05) is 17.7 Å². The second-order valence-electron chi connectivity index (χ2n) is 2.29. The zero-order valence-corrected chi connectivity index (χ0v) is 6.90. The van der Waals surface area contributed by atoms with E-state index < -0.39 is 23.1 Å². The molecule has 1 atom stereocenters. The van der Waals surface area contributed by atoms with Gasteiger partial charge in [-0.3, -0.25) is 0 Å². The van der Waals surface area contributed by atoms with Crippen LogP contribution >= 0.6 is 11.6 Å². The highest BCUT2D eigenvalue weighted by atomic mass is 35.5. The van der Waals surface area contributed by atoms with Crippen molar-refractivity contribution < 1.29 is 17.6 Å². The van der Waals surface area contributed by atoms with E-state index >= 15 is 0 Å². The lowest BCUT2D eigenvalue weighted by Gasteiger charge is -2.12. The fourth-order valence-electron chi connectivity index (χ4n) is 0.764. The maximum absolute atomic E-state index is 12.7. The number of rotatable bonds is 1. The molecule has 1 nitrogen and oxygen atoms in total. The van der Waals surface area contributed by atoms with Gasteiger partial charge in [-0.25, -0.2) is 9.37 Å². The minimum Gasteiger partial charge on any atom is -0.244 e. The average Bonchev–Trinajstić information content (AvgIpc) is 2.02. The Morgan fingerprint density at radius 1 is 1.38 bits per heavy atom. The van der Waals surface area contributed by atoms with Crippen LogP contribution in [-0.2, 0) is 0 Å². The highest BCUT2D eigenvalue weighted by Crippen LogP contribution is 2.37. The molecular weight excluding hydrogens is 210 g/mol. The maximum Gasteiger partial charge on any atom is 0.424 e. The molecule has 0 radical (unpaired) electrons. The van der Waals surface area contributed by atoms with Crippen molar-refractivity contribution in [3.05, 3.63) is 29.0 Å². The average molecular weight is 214 g/mol. The first kappa shape index (κ1) is 10.2. The first-order valence-electron chi connectivity index (χ1n) is 3.24. The van der Waals surface area contributed by atoms with Crippen molar-refractivity contribution >= 4 is 11.6 Å². The molecule has 1 rings (SSSR count). The first-order valence-corrected chi connectivity index (χ1v) is 3.62. The topological polar surface area (TPSA) is 12.9 Å². The number of halogens is 5. The van der Waals surface area contributed by atoms with Gasteiger partial charge in [0.1, 0.15) is 5.15 Å². The zero-order chi connectivity index (χ0) is 10.1. The predicted octanol–water partition coefficient (Wildman–Crippen LogP) is 3.31. The maximum atomic E-state index is 12.7. The molecule has 6 heteroatoms. The summed E-state index contributed by atoms with van der Waals surface area (Å²) in [5.41, 5.74) is -0.656. The van der Waals surface area contributed by atoms with E-state index in [1.807, 2.05) is 0 Å². The fourth-order valence-corrected chi connectivity index (χ4v) is 0.979. The summed E-state index contributed by atoms with van der Waals surface area (Å²) in [7, 11) is 0. The van der Waals surface area contributed by atoms with Gasteiger partial charge < -0.3 is 0 Å². The van der Waals surface area contributed by atoms with E-state index in [0.29, 0.717) is 0 Å². The van der Waals surface area contributed by atoms with Gasteiger partial charge in [0, 0.05) is 11.8 Å². The monoisotopic (exact) mass is 213 g/mol. The third-order valence-electron chi connectivity index (χ3n) is 1.35. The molecule has 72 valence electrons. The van der Waals surface area contributed by atoms with Crippen molar-refractivity contribution in [3.63, 3.8) is 0 Å². The van der Waals surface area contributed by atoms with Gasteiger partial charge in [0.2, 0.25) is 6.17 Å². The zero-order valence-electron chi connectivity index (χ0n) is 6.15. The largest absolute Gasteiger partial charge is 0.424 e. The van der Waals surface area contributed by atoms with Gasteiger partial charge in [0.25, 0.3) is 0 Å². The lowest BCUT2D eigenvalue weighted by molar-refractivity contribution is -0.182. The summed E-state index contributed by atoms with van der Waals surface area (Å²) in [6.07, 6.45) is -6.82. The number of alkyl halides is 4. The normalized spacial score (nSPS) is 14.2. The Bertz CT molecular complexity index is 299. The number of hydrogen-bond acceptors (Lipinski definition) is 1. The van der Waals surface area contributed by atoms with E-state index in [2.05, 4.69) is 4.98 Å². The van der Waals surface area contributed by atoms with Crippen LogP contribution in [0.15, 0.2) is 18.3 Å². The van der Waals surface area contributed by atoms with E-state index in [1.54, 1.807) is 0 Å². The third kappa shape index (κ3) is 2.30. The SMILES string of the molecule is FC(c1cccnc1Cl)C(F)(F)F. The van der Waals surface area contributed by atoms with Crippen LogP contribution < -0.4 is 0 Å². The molecule has 0 aliphatic rings. The van der Waals surface area contributed by atoms with Gasteiger partial charge in [-0.15, -0.1) is 0 Å². The lowest BCUT2D eigenvalue weighted by atomic mass is 10.2. The fraction of sp³-hybridized carbons (Fsp3) is 0.286. The molecule has 0 N–H and O–H groups in total. The van der Waals surface area contributed by atoms with E-state index in [9.17, 15) is 17.6 Å². The summed E-state index contributed by atoms with van der Waals surface area (Å²) in [6, 6.07) is 2.15. The molecule has 1 unspecified atom stereocenters. The van der Waals surface area contributed by atoms with Crippen molar-refractivity contribution in [1.29, 1.82) is 0 Å². The van der Waals surface area contributed by atoms with Crippen LogP contribution in [0.5, 0.6) is 0 Å². The molecule has 0 bridgehead atoms. The van der Waals surface area contributed by atoms with Crippen molar-refractivity contribution in [2.75, 3.05) is 0 Å². The summed E-state index contributed by atoms with van der Waals surface area (Å²) in [6.45, 7) is 0. The van der Waals surface area contributed by atoms with Gasteiger partial charge in [0.15, 0.2) is 0 Å². The van der Waals surface area contributed by atoms with Crippen molar-refractivity contribution in [3.8, 4) is 0 Å². The van der Waals surface area contributed by atoms with Crippen molar-refractivity contribution in [1.82, 2.24) is 4.98 Å². The van der Waals surface area contributed by atoms with Crippen LogP contribution in [0.4, 0.5) is 17.6 Å². The van der Waals surface area contributed by atoms with E-state index in [0.717, 1.165) is 6.07 Å². The molecule has 1 aromatic heterocycles. The summed E-state index contributed by atoms with van der Waals surface area (Å²) in [5.74, 6) is 0. The molecule has 0 saturated carbocycles. The molecule has 13 heavy (non-hydrogen) atoms. The van der Waals surface area contributed by atoms with Gasteiger partial charge in [0.05, 0.1) is 0 Å². The van der Waals surface area contributed by atoms with Gasteiger partial charge in [-0.2, -0.15) is 13.2 Å². The quantitative estimate of drug-likeness (QED) is 0.515. The molecule has 0 aliphatic carbocycles. The minimum absolute atomic E-state index is 0.465. The van der Waals surface area contributed by atoms with Gasteiger partial charge >= 0.3 is 6.18 Å². The Hall–Kier alpha value is -0.840. The summed E-state index contributed by atoms with van der Waals surface area (Å²) in [4.78, 5) is 3.34. The Labute approximate surface area is 76.3 Å². The van der Waals surface area contributed by atoms with Crippen molar-refractivity contribution in [2.24, 2.45) is 0 Å². The van der Waals surface area contributed by atoms with Gasteiger partial charge in [-0.05, 0) is 6.07 Å². The molecule has 1 heterocycles. The summed E-state index contributed by atoms with van der Waals surface area (Å²) < 4.78 is 48.2. The number of pyridine rings is 1. The van der Waals surface area contributed by atoms with Crippen LogP contribution in [0.25, 0.3) is 0 Å². The summed E-state index contributed by atoms with van der Waals surface area (Å²) >= 11 is 5.27. The Morgan fingerprint density at radius 3 is 2.46 bits per heavy atom. The van der Waals surface area contributed by atoms with Crippen LogP contribution in [0.3, 0.4) is 0 Å².